The van der Waals surface area contributed by atoms with Crippen molar-refractivity contribution in [3.05, 3.63) is 0 Å². The maximum Gasteiger partial charge on any atom is 0.236 e. The van der Waals surface area contributed by atoms with Crippen LogP contribution in [-0.2, 0) is 4.79 Å². The van der Waals surface area contributed by atoms with E-state index in [0.717, 1.165) is 32.6 Å². The molecule has 0 spiro atoms. The molecule has 0 radical (unpaired) electrons. The average molecular weight is 295 g/mol. The lowest BCUT2D eigenvalue weighted by molar-refractivity contribution is -0.136. The molecule has 1 amide bonds. The molecule has 0 aromatic rings. The standard InChI is InChI=1S/C17H33N3O/c1-3-16-10-6-8-12-20(16)17(21)14-19(4-2)13-15-9-5-7-11-18-15/h15-16,18H,3-14H2,1-2H3. The number of rotatable bonds is 6. The summed E-state index contributed by atoms with van der Waals surface area (Å²) in [5.41, 5.74) is 0. The first-order valence-electron chi connectivity index (χ1n) is 8.99. The molecule has 4 nitrogen and oxygen atoms in total. The Hall–Kier alpha value is -0.610. The van der Waals surface area contributed by atoms with E-state index < -0.39 is 0 Å². The topological polar surface area (TPSA) is 35.6 Å². The maximum atomic E-state index is 12.6. The van der Waals surface area contributed by atoms with Gasteiger partial charge in [0.25, 0.3) is 0 Å². The highest BCUT2D eigenvalue weighted by Gasteiger charge is 2.26. The van der Waals surface area contributed by atoms with Crippen molar-refractivity contribution >= 4 is 5.91 Å². The number of likely N-dealkylation sites (tertiary alicyclic amines) is 1. The van der Waals surface area contributed by atoms with Gasteiger partial charge in [0.1, 0.15) is 0 Å². The van der Waals surface area contributed by atoms with Crippen molar-refractivity contribution < 1.29 is 4.79 Å². The van der Waals surface area contributed by atoms with E-state index in [4.69, 9.17) is 0 Å². The smallest absolute Gasteiger partial charge is 0.236 e. The second-order valence-corrected chi connectivity index (χ2v) is 6.62. The van der Waals surface area contributed by atoms with Gasteiger partial charge >= 0.3 is 0 Å². The molecular formula is C17H33N3O. The van der Waals surface area contributed by atoms with Gasteiger partial charge in [0, 0.05) is 25.2 Å². The maximum absolute atomic E-state index is 12.6. The van der Waals surface area contributed by atoms with Crippen LogP contribution in [0, 0.1) is 0 Å². The molecule has 0 saturated carbocycles. The second kappa shape index (κ2) is 8.74. The highest BCUT2D eigenvalue weighted by Crippen LogP contribution is 2.19. The number of piperidine rings is 2. The first-order valence-corrected chi connectivity index (χ1v) is 8.99. The Morgan fingerprint density at radius 1 is 1.19 bits per heavy atom. The highest BCUT2D eigenvalue weighted by atomic mass is 16.2. The van der Waals surface area contributed by atoms with Gasteiger partial charge in [-0.25, -0.2) is 0 Å². The Bertz CT molecular complexity index is 315. The van der Waals surface area contributed by atoms with Gasteiger partial charge in [0.05, 0.1) is 6.54 Å². The zero-order valence-corrected chi connectivity index (χ0v) is 13.9. The lowest BCUT2D eigenvalue weighted by atomic mass is 10.00. The molecule has 2 unspecified atom stereocenters. The lowest BCUT2D eigenvalue weighted by Gasteiger charge is -2.37. The second-order valence-electron chi connectivity index (χ2n) is 6.62. The molecule has 2 aliphatic heterocycles. The van der Waals surface area contributed by atoms with Gasteiger partial charge in [-0.3, -0.25) is 9.69 Å². The predicted molar refractivity (Wildman–Crippen MR) is 87.4 cm³/mol. The van der Waals surface area contributed by atoms with Crippen LogP contribution < -0.4 is 5.32 Å². The van der Waals surface area contributed by atoms with Crippen LogP contribution in [-0.4, -0.2) is 60.5 Å². The largest absolute Gasteiger partial charge is 0.339 e. The van der Waals surface area contributed by atoms with E-state index in [-0.39, 0.29) is 0 Å². The number of likely N-dealkylation sites (N-methyl/N-ethyl adjacent to an activating group) is 1. The molecule has 2 heterocycles. The summed E-state index contributed by atoms with van der Waals surface area (Å²) in [5.74, 6) is 0.346. The summed E-state index contributed by atoms with van der Waals surface area (Å²) in [4.78, 5) is 17.1. The monoisotopic (exact) mass is 295 g/mol. The highest BCUT2D eigenvalue weighted by molar-refractivity contribution is 5.78. The van der Waals surface area contributed by atoms with Gasteiger partial charge in [-0.15, -0.1) is 0 Å². The lowest BCUT2D eigenvalue weighted by Crippen LogP contribution is -2.50. The zero-order chi connectivity index (χ0) is 15.1. The van der Waals surface area contributed by atoms with Crippen molar-refractivity contribution in [3.8, 4) is 0 Å². The van der Waals surface area contributed by atoms with Crippen molar-refractivity contribution in [1.29, 1.82) is 0 Å². The number of hydrogen-bond donors (Lipinski definition) is 1. The van der Waals surface area contributed by atoms with E-state index in [9.17, 15) is 4.79 Å². The Morgan fingerprint density at radius 2 is 2.00 bits per heavy atom. The third kappa shape index (κ3) is 4.96. The minimum atomic E-state index is 0.346. The molecule has 1 N–H and O–H groups in total. The minimum absolute atomic E-state index is 0.346. The Kier molecular flexibility index (Phi) is 6.97. The summed E-state index contributed by atoms with van der Waals surface area (Å²) < 4.78 is 0. The molecule has 0 aromatic heterocycles. The number of carbonyl (C=O) groups is 1. The van der Waals surface area contributed by atoms with Gasteiger partial charge in [-0.2, -0.15) is 0 Å². The van der Waals surface area contributed by atoms with Crippen molar-refractivity contribution in [3.63, 3.8) is 0 Å². The molecule has 2 aliphatic rings. The fourth-order valence-electron chi connectivity index (χ4n) is 3.73. The van der Waals surface area contributed by atoms with Gasteiger partial charge in [-0.1, -0.05) is 20.3 Å². The third-order valence-corrected chi connectivity index (χ3v) is 5.12. The SMILES string of the molecule is CCC1CCCCN1C(=O)CN(CC)CC1CCCCN1. The van der Waals surface area contributed by atoms with Crippen LogP contribution in [0.25, 0.3) is 0 Å². The summed E-state index contributed by atoms with van der Waals surface area (Å²) in [6, 6.07) is 1.06. The number of amides is 1. The van der Waals surface area contributed by atoms with Crippen LogP contribution in [0.3, 0.4) is 0 Å². The first kappa shape index (κ1) is 16.8. The number of hydrogen-bond acceptors (Lipinski definition) is 3. The van der Waals surface area contributed by atoms with E-state index in [1.54, 1.807) is 0 Å². The summed E-state index contributed by atoms with van der Waals surface area (Å²) in [7, 11) is 0. The summed E-state index contributed by atoms with van der Waals surface area (Å²) in [5, 5.41) is 3.59. The molecule has 2 fully saturated rings. The van der Waals surface area contributed by atoms with Gasteiger partial charge in [0.15, 0.2) is 0 Å². The molecule has 0 bridgehead atoms. The molecule has 2 rings (SSSR count). The van der Waals surface area contributed by atoms with Crippen LogP contribution in [0.15, 0.2) is 0 Å². The van der Waals surface area contributed by atoms with Gasteiger partial charge in [0.2, 0.25) is 5.91 Å². The van der Waals surface area contributed by atoms with Crippen molar-refractivity contribution in [2.24, 2.45) is 0 Å². The van der Waals surface area contributed by atoms with Crippen molar-refractivity contribution in [2.45, 2.75) is 70.9 Å². The van der Waals surface area contributed by atoms with Crippen LogP contribution >= 0.6 is 0 Å². The zero-order valence-electron chi connectivity index (χ0n) is 13.9. The normalized spacial score (nSPS) is 27.1. The quantitative estimate of drug-likeness (QED) is 0.816. The van der Waals surface area contributed by atoms with Gasteiger partial charge < -0.3 is 10.2 Å². The summed E-state index contributed by atoms with van der Waals surface area (Å²) >= 11 is 0. The van der Waals surface area contributed by atoms with E-state index in [0.29, 0.717) is 24.5 Å². The van der Waals surface area contributed by atoms with Crippen LogP contribution in [0.5, 0.6) is 0 Å². The number of nitrogens with one attached hydrogen (secondary N) is 1. The first-order chi connectivity index (χ1) is 10.2. The fraction of sp³-hybridized carbons (Fsp3) is 0.941. The predicted octanol–water partition coefficient (Wildman–Crippen LogP) is 2.24. The molecule has 4 heteroatoms. The molecule has 2 atom stereocenters. The van der Waals surface area contributed by atoms with Crippen LogP contribution in [0.2, 0.25) is 0 Å². The fourth-order valence-corrected chi connectivity index (χ4v) is 3.73. The summed E-state index contributed by atoms with van der Waals surface area (Å²) in [6.07, 6.45) is 8.64. The molecule has 122 valence electrons. The molecule has 21 heavy (non-hydrogen) atoms. The molecule has 0 aliphatic carbocycles. The molecule has 2 saturated heterocycles. The molecule has 0 aromatic carbocycles. The Morgan fingerprint density at radius 3 is 2.67 bits per heavy atom. The van der Waals surface area contributed by atoms with Crippen LogP contribution in [0.1, 0.15) is 58.8 Å². The number of carbonyl (C=O) groups excluding carboxylic acids is 1. The van der Waals surface area contributed by atoms with Crippen LogP contribution in [0.4, 0.5) is 0 Å². The third-order valence-electron chi connectivity index (χ3n) is 5.12. The summed E-state index contributed by atoms with van der Waals surface area (Å²) in [6.45, 7) is 9.08. The number of nitrogens with zero attached hydrogens (tertiary/aromatic N) is 2. The Labute approximate surface area is 130 Å². The average Bonchev–Trinajstić information content (AvgIpc) is 2.55. The van der Waals surface area contributed by atoms with E-state index in [1.165, 1.54) is 38.5 Å². The minimum Gasteiger partial charge on any atom is -0.339 e. The van der Waals surface area contributed by atoms with Gasteiger partial charge in [-0.05, 0) is 51.6 Å². The molecular weight excluding hydrogens is 262 g/mol. The van der Waals surface area contributed by atoms with Crippen molar-refractivity contribution in [2.75, 3.05) is 32.7 Å². The van der Waals surface area contributed by atoms with Crippen molar-refractivity contribution in [1.82, 2.24) is 15.1 Å². The Balaban J connectivity index is 1.83. The van der Waals surface area contributed by atoms with E-state index in [2.05, 4.69) is 29.0 Å². The van der Waals surface area contributed by atoms with E-state index >= 15 is 0 Å². The van der Waals surface area contributed by atoms with E-state index in [1.807, 2.05) is 0 Å².